The predicted octanol–water partition coefficient (Wildman–Crippen LogP) is 2.37. The molecule has 0 aliphatic carbocycles. The molecule has 0 aromatic rings. The summed E-state index contributed by atoms with van der Waals surface area (Å²) in [5.74, 6) is 0. The number of aliphatic hydroxyl groups is 1. The molecule has 0 aromatic heterocycles. The maximum Gasteiger partial charge on any atom is 0.317 e. The van der Waals surface area contributed by atoms with Gasteiger partial charge in [-0.15, -0.1) is 0 Å². The molecule has 1 fully saturated rings. The van der Waals surface area contributed by atoms with E-state index >= 15 is 0 Å². The second kappa shape index (κ2) is 6.98. The first-order valence-electron chi connectivity index (χ1n) is 7.17. The van der Waals surface area contributed by atoms with Gasteiger partial charge in [0.25, 0.3) is 0 Å². The molecule has 106 valence electrons. The number of likely N-dealkylation sites (tertiary alicyclic amines) is 1. The van der Waals surface area contributed by atoms with Gasteiger partial charge in [0.05, 0.1) is 0 Å². The van der Waals surface area contributed by atoms with Crippen LogP contribution >= 0.6 is 0 Å². The van der Waals surface area contributed by atoms with Crippen molar-refractivity contribution >= 4 is 6.03 Å². The fraction of sp³-hybridized carbons (Fsp3) is 0.929. The van der Waals surface area contributed by atoms with Crippen LogP contribution in [0.15, 0.2) is 0 Å². The molecule has 4 heteroatoms. The first-order valence-corrected chi connectivity index (χ1v) is 7.17. The molecular weight excluding hydrogens is 228 g/mol. The molecule has 18 heavy (non-hydrogen) atoms. The minimum atomic E-state index is 0.0554. The number of hydrogen-bond donors (Lipinski definition) is 2. The third kappa shape index (κ3) is 4.48. The molecule has 0 spiro atoms. The van der Waals surface area contributed by atoms with Crippen molar-refractivity contribution in [1.29, 1.82) is 0 Å². The summed E-state index contributed by atoms with van der Waals surface area (Å²) in [6, 6.07) is 0.194. The minimum absolute atomic E-state index is 0.0554. The second-order valence-electron chi connectivity index (χ2n) is 5.91. The van der Waals surface area contributed by atoms with Crippen LogP contribution in [0.25, 0.3) is 0 Å². The van der Waals surface area contributed by atoms with Crippen molar-refractivity contribution in [2.75, 3.05) is 19.7 Å². The Balaban J connectivity index is 2.41. The molecule has 2 amide bonds. The van der Waals surface area contributed by atoms with Crippen molar-refractivity contribution in [3.8, 4) is 0 Å². The maximum absolute atomic E-state index is 12.1. The molecule has 1 aliphatic rings. The average Bonchev–Trinajstić information content (AvgIpc) is 2.36. The summed E-state index contributed by atoms with van der Waals surface area (Å²) < 4.78 is 0. The van der Waals surface area contributed by atoms with Crippen molar-refractivity contribution in [2.45, 2.75) is 58.9 Å². The highest BCUT2D eigenvalue weighted by molar-refractivity contribution is 5.74. The normalized spacial score (nSPS) is 25.9. The van der Waals surface area contributed by atoms with Crippen molar-refractivity contribution in [3.05, 3.63) is 0 Å². The van der Waals surface area contributed by atoms with Gasteiger partial charge in [0.2, 0.25) is 0 Å². The van der Waals surface area contributed by atoms with Gasteiger partial charge in [0.15, 0.2) is 0 Å². The quantitative estimate of drug-likeness (QED) is 0.793. The summed E-state index contributed by atoms with van der Waals surface area (Å²) in [5.41, 5.74) is 0.282. The van der Waals surface area contributed by atoms with Crippen LogP contribution in [0.1, 0.15) is 52.9 Å². The second-order valence-corrected chi connectivity index (χ2v) is 5.91. The lowest BCUT2D eigenvalue weighted by atomic mass is 9.80. The fourth-order valence-electron chi connectivity index (χ4n) is 2.55. The standard InChI is InChI=1S/C14H28N2O2/c1-4-14(3)8-6-9-16(11-14)13(18)15-12(2)7-5-10-17/h12,17H,4-11H2,1-3H3,(H,15,18). The summed E-state index contributed by atoms with van der Waals surface area (Å²) in [6.45, 7) is 8.39. The maximum atomic E-state index is 12.1. The number of carbonyl (C=O) groups is 1. The number of piperidine rings is 1. The lowest BCUT2D eigenvalue weighted by molar-refractivity contribution is 0.112. The Morgan fingerprint density at radius 3 is 2.89 bits per heavy atom. The molecular formula is C14H28N2O2. The third-order valence-electron chi connectivity index (χ3n) is 4.09. The molecule has 0 bridgehead atoms. The first-order chi connectivity index (χ1) is 8.50. The molecule has 0 aromatic carbocycles. The van der Waals surface area contributed by atoms with Crippen LogP contribution in [0.2, 0.25) is 0 Å². The van der Waals surface area contributed by atoms with Crippen molar-refractivity contribution in [2.24, 2.45) is 5.41 Å². The Morgan fingerprint density at radius 2 is 2.28 bits per heavy atom. The number of hydrogen-bond acceptors (Lipinski definition) is 2. The van der Waals surface area contributed by atoms with Gasteiger partial charge in [0.1, 0.15) is 0 Å². The summed E-state index contributed by atoms with van der Waals surface area (Å²) in [6.07, 6.45) is 5.02. The molecule has 4 nitrogen and oxygen atoms in total. The molecule has 1 heterocycles. The number of urea groups is 1. The SMILES string of the molecule is CCC1(C)CCCN(C(=O)NC(C)CCCO)C1. The smallest absolute Gasteiger partial charge is 0.317 e. The minimum Gasteiger partial charge on any atom is -0.396 e. The van der Waals surface area contributed by atoms with Crippen molar-refractivity contribution in [1.82, 2.24) is 10.2 Å². The molecule has 2 N–H and O–H groups in total. The van der Waals surface area contributed by atoms with Gasteiger partial charge in [-0.2, -0.15) is 0 Å². The molecule has 2 atom stereocenters. The van der Waals surface area contributed by atoms with E-state index in [1.807, 2.05) is 11.8 Å². The van der Waals surface area contributed by atoms with Gasteiger partial charge >= 0.3 is 6.03 Å². The Morgan fingerprint density at radius 1 is 1.56 bits per heavy atom. The zero-order valence-corrected chi connectivity index (χ0v) is 12.0. The lowest BCUT2D eigenvalue weighted by Gasteiger charge is -2.40. The van der Waals surface area contributed by atoms with Gasteiger partial charge in [-0.1, -0.05) is 13.8 Å². The number of amides is 2. The van der Waals surface area contributed by atoms with E-state index in [0.29, 0.717) is 0 Å². The van der Waals surface area contributed by atoms with E-state index in [4.69, 9.17) is 5.11 Å². The Kier molecular flexibility index (Phi) is 5.93. The summed E-state index contributed by atoms with van der Waals surface area (Å²) in [7, 11) is 0. The average molecular weight is 256 g/mol. The van der Waals surface area contributed by atoms with E-state index in [2.05, 4.69) is 19.2 Å². The molecule has 1 saturated heterocycles. The van der Waals surface area contributed by atoms with E-state index in [1.54, 1.807) is 0 Å². The van der Waals surface area contributed by atoms with E-state index in [-0.39, 0.29) is 24.1 Å². The molecule has 0 saturated carbocycles. The van der Waals surface area contributed by atoms with E-state index < -0.39 is 0 Å². The zero-order valence-electron chi connectivity index (χ0n) is 12.0. The highest BCUT2D eigenvalue weighted by Gasteiger charge is 2.31. The third-order valence-corrected chi connectivity index (χ3v) is 4.09. The topological polar surface area (TPSA) is 52.6 Å². The van der Waals surface area contributed by atoms with E-state index in [9.17, 15) is 4.79 Å². The summed E-state index contributed by atoms with van der Waals surface area (Å²) in [4.78, 5) is 14.1. The van der Waals surface area contributed by atoms with Gasteiger partial charge in [-0.25, -0.2) is 4.79 Å². The van der Waals surface area contributed by atoms with Crippen LogP contribution in [-0.2, 0) is 0 Å². The monoisotopic (exact) mass is 256 g/mol. The summed E-state index contributed by atoms with van der Waals surface area (Å²) >= 11 is 0. The largest absolute Gasteiger partial charge is 0.396 e. The number of rotatable bonds is 5. The van der Waals surface area contributed by atoms with Gasteiger partial charge in [-0.05, 0) is 44.4 Å². The molecule has 1 rings (SSSR count). The van der Waals surface area contributed by atoms with Gasteiger partial charge < -0.3 is 15.3 Å². The van der Waals surface area contributed by atoms with Crippen molar-refractivity contribution < 1.29 is 9.90 Å². The van der Waals surface area contributed by atoms with E-state index in [1.165, 1.54) is 6.42 Å². The first kappa shape index (κ1) is 15.3. The van der Waals surface area contributed by atoms with Crippen LogP contribution in [0.4, 0.5) is 4.79 Å². The highest BCUT2D eigenvalue weighted by Crippen LogP contribution is 2.32. The predicted molar refractivity (Wildman–Crippen MR) is 73.5 cm³/mol. The van der Waals surface area contributed by atoms with E-state index in [0.717, 1.165) is 38.8 Å². The Labute approximate surface area is 111 Å². The zero-order chi connectivity index (χ0) is 13.6. The van der Waals surface area contributed by atoms with Crippen LogP contribution in [0, 0.1) is 5.41 Å². The van der Waals surface area contributed by atoms with Crippen LogP contribution in [0.5, 0.6) is 0 Å². The van der Waals surface area contributed by atoms with Crippen LogP contribution in [0.3, 0.4) is 0 Å². The molecule has 1 aliphatic heterocycles. The lowest BCUT2D eigenvalue weighted by Crippen LogP contribution is -2.50. The van der Waals surface area contributed by atoms with Crippen LogP contribution < -0.4 is 5.32 Å². The fourth-order valence-corrected chi connectivity index (χ4v) is 2.55. The highest BCUT2D eigenvalue weighted by atomic mass is 16.3. The van der Waals surface area contributed by atoms with Crippen molar-refractivity contribution in [3.63, 3.8) is 0 Å². The Bertz CT molecular complexity index is 271. The number of aliphatic hydroxyl groups excluding tert-OH is 1. The van der Waals surface area contributed by atoms with Crippen LogP contribution in [-0.4, -0.2) is 41.8 Å². The van der Waals surface area contributed by atoms with Gasteiger partial charge in [0, 0.05) is 25.7 Å². The number of nitrogens with zero attached hydrogens (tertiary/aromatic N) is 1. The number of carbonyl (C=O) groups excluding carboxylic acids is 1. The number of nitrogens with one attached hydrogen (secondary N) is 1. The molecule has 2 unspecified atom stereocenters. The van der Waals surface area contributed by atoms with Gasteiger partial charge in [-0.3, -0.25) is 0 Å². The summed E-state index contributed by atoms with van der Waals surface area (Å²) in [5, 5.41) is 11.8. The Hall–Kier alpha value is -0.770. The molecule has 0 radical (unpaired) electrons.